The van der Waals surface area contributed by atoms with Crippen LogP contribution in [0.2, 0.25) is 0 Å². The zero-order valence-corrected chi connectivity index (χ0v) is 14.3. The number of anilines is 1. The van der Waals surface area contributed by atoms with E-state index in [1.54, 1.807) is 0 Å². The van der Waals surface area contributed by atoms with E-state index in [0.717, 1.165) is 25.0 Å². The van der Waals surface area contributed by atoms with Crippen LogP contribution in [0.25, 0.3) is 0 Å². The molecule has 0 atom stereocenters. The lowest BCUT2D eigenvalue weighted by molar-refractivity contribution is 0.102. The topological polar surface area (TPSA) is 42.0 Å². The lowest BCUT2D eigenvalue weighted by Crippen LogP contribution is -2.12. The highest BCUT2D eigenvalue weighted by atomic mass is 79.9. The third-order valence-electron chi connectivity index (χ3n) is 2.98. The average molecular weight is 371 g/mol. The van der Waals surface area contributed by atoms with Crippen molar-refractivity contribution in [1.82, 2.24) is 4.98 Å². The molecule has 2 rings (SSSR count). The zero-order chi connectivity index (χ0) is 15.4. The Labute approximate surface area is 135 Å². The van der Waals surface area contributed by atoms with E-state index in [9.17, 15) is 9.18 Å². The Balaban J connectivity index is 2.19. The van der Waals surface area contributed by atoms with Crippen LogP contribution in [-0.2, 0) is 12.8 Å². The Morgan fingerprint density at radius 2 is 2.19 bits per heavy atom. The van der Waals surface area contributed by atoms with E-state index in [-0.39, 0.29) is 11.7 Å². The number of nitrogens with zero attached hydrogens (tertiary/aromatic N) is 1. The molecule has 3 nitrogen and oxygen atoms in total. The fourth-order valence-electron chi connectivity index (χ4n) is 1.98. The van der Waals surface area contributed by atoms with Gasteiger partial charge in [-0.3, -0.25) is 10.1 Å². The van der Waals surface area contributed by atoms with Crippen LogP contribution in [-0.4, -0.2) is 10.9 Å². The summed E-state index contributed by atoms with van der Waals surface area (Å²) in [5.41, 5.74) is 1.44. The number of benzene rings is 1. The summed E-state index contributed by atoms with van der Waals surface area (Å²) in [7, 11) is 0. The summed E-state index contributed by atoms with van der Waals surface area (Å²) in [6, 6.07) is 3.99. The maximum atomic E-state index is 13.1. The lowest BCUT2D eigenvalue weighted by atomic mass is 10.2. The van der Waals surface area contributed by atoms with Gasteiger partial charge in [0, 0.05) is 9.35 Å². The van der Waals surface area contributed by atoms with Crippen LogP contribution in [0, 0.1) is 5.82 Å². The van der Waals surface area contributed by atoms with Crippen LogP contribution in [0.5, 0.6) is 0 Å². The molecule has 0 saturated carbocycles. The Morgan fingerprint density at radius 1 is 1.43 bits per heavy atom. The molecule has 0 unspecified atom stereocenters. The van der Waals surface area contributed by atoms with Crippen molar-refractivity contribution in [3.8, 4) is 0 Å². The highest BCUT2D eigenvalue weighted by molar-refractivity contribution is 9.10. The summed E-state index contributed by atoms with van der Waals surface area (Å²) in [4.78, 5) is 17.9. The molecule has 1 aromatic carbocycles. The molecule has 6 heteroatoms. The van der Waals surface area contributed by atoms with Gasteiger partial charge in [0.25, 0.3) is 5.91 Å². The van der Waals surface area contributed by atoms with E-state index in [1.807, 2.05) is 0 Å². The van der Waals surface area contributed by atoms with Crippen molar-refractivity contribution >= 4 is 38.3 Å². The van der Waals surface area contributed by atoms with Gasteiger partial charge in [0.2, 0.25) is 0 Å². The number of hydrogen-bond donors (Lipinski definition) is 1. The summed E-state index contributed by atoms with van der Waals surface area (Å²) in [5, 5.41) is 3.38. The summed E-state index contributed by atoms with van der Waals surface area (Å²) in [6.45, 7) is 4.18. The van der Waals surface area contributed by atoms with Gasteiger partial charge in [-0.15, -0.1) is 11.3 Å². The van der Waals surface area contributed by atoms with Gasteiger partial charge < -0.3 is 0 Å². The first-order valence-electron chi connectivity index (χ1n) is 6.80. The van der Waals surface area contributed by atoms with Gasteiger partial charge in [0.1, 0.15) is 5.82 Å². The second kappa shape index (κ2) is 7.13. The second-order valence-electron chi connectivity index (χ2n) is 4.57. The Kier molecular flexibility index (Phi) is 5.47. The Hall–Kier alpha value is -1.27. The number of amides is 1. The third kappa shape index (κ3) is 3.89. The smallest absolute Gasteiger partial charge is 0.258 e. The highest BCUT2D eigenvalue weighted by Gasteiger charge is 2.15. The first-order valence-corrected chi connectivity index (χ1v) is 8.41. The number of thiazole rings is 1. The van der Waals surface area contributed by atoms with Gasteiger partial charge in [0.05, 0.1) is 11.3 Å². The monoisotopic (exact) mass is 370 g/mol. The number of rotatable bonds is 5. The van der Waals surface area contributed by atoms with Crippen molar-refractivity contribution in [3.05, 3.63) is 44.6 Å². The molecular formula is C15H16BrFN2OS. The highest BCUT2D eigenvalue weighted by Crippen LogP contribution is 2.26. The summed E-state index contributed by atoms with van der Waals surface area (Å²) in [6.07, 6.45) is 2.84. The molecule has 21 heavy (non-hydrogen) atoms. The predicted molar refractivity (Wildman–Crippen MR) is 87.5 cm³/mol. The van der Waals surface area contributed by atoms with Crippen LogP contribution < -0.4 is 5.32 Å². The van der Waals surface area contributed by atoms with Gasteiger partial charge in [0.15, 0.2) is 5.13 Å². The molecule has 0 aliphatic heterocycles. The fraction of sp³-hybridized carbons (Fsp3) is 0.333. The molecule has 0 radical (unpaired) electrons. The molecule has 2 aromatic rings. The molecule has 1 heterocycles. The average Bonchev–Trinajstić information content (AvgIpc) is 2.80. The van der Waals surface area contributed by atoms with Crippen LogP contribution in [0.1, 0.15) is 41.2 Å². The van der Waals surface area contributed by atoms with E-state index in [2.05, 4.69) is 40.1 Å². The Morgan fingerprint density at radius 3 is 2.81 bits per heavy atom. The maximum Gasteiger partial charge on any atom is 0.258 e. The quantitative estimate of drug-likeness (QED) is 0.820. The molecule has 0 bridgehead atoms. The molecule has 1 N–H and O–H groups in total. The molecule has 0 fully saturated rings. The minimum Gasteiger partial charge on any atom is -0.298 e. The number of nitrogens with one attached hydrogen (secondary N) is 1. The molecule has 0 spiro atoms. The molecule has 0 aliphatic carbocycles. The van der Waals surface area contributed by atoms with Gasteiger partial charge in [-0.2, -0.15) is 0 Å². The molecule has 1 amide bonds. The van der Waals surface area contributed by atoms with E-state index in [0.29, 0.717) is 15.2 Å². The van der Waals surface area contributed by atoms with E-state index in [4.69, 9.17) is 0 Å². The minimum atomic E-state index is -0.383. The number of hydrogen-bond acceptors (Lipinski definition) is 3. The largest absolute Gasteiger partial charge is 0.298 e. The van der Waals surface area contributed by atoms with Crippen molar-refractivity contribution in [2.24, 2.45) is 0 Å². The molecule has 1 aromatic heterocycles. The third-order valence-corrected chi connectivity index (χ3v) is 4.80. The first-order chi connectivity index (χ1) is 10.0. The van der Waals surface area contributed by atoms with Gasteiger partial charge in [-0.1, -0.05) is 20.3 Å². The van der Waals surface area contributed by atoms with Gasteiger partial charge >= 0.3 is 0 Å². The molecule has 112 valence electrons. The van der Waals surface area contributed by atoms with Crippen LogP contribution >= 0.6 is 27.3 Å². The van der Waals surface area contributed by atoms with E-state index < -0.39 is 0 Å². The lowest BCUT2D eigenvalue weighted by Gasteiger charge is -2.04. The maximum absolute atomic E-state index is 13.1. The number of aryl methyl sites for hydroxylation is 2. The summed E-state index contributed by atoms with van der Waals surface area (Å²) >= 11 is 4.70. The summed E-state index contributed by atoms with van der Waals surface area (Å²) in [5.74, 6) is -0.674. The minimum absolute atomic E-state index is 0.290. The van der Waals surface area contributed by atoms with Gasteiger partial charge in [-0.05, 0) is 47.0 Å². The van der Waals surface area contributed by atoms with Crippen molar-refractivity contribution in [3.63, 3.8) is 0 Å². The van der Waals surface area contributed by atoms with Crippen molar-refractivity contribution in [1.29, 1.82) is 0 Å². The van der Waals surface area contributed by atoms with Crippen LogP contribution in [0.15, 0.2) is 22.7 Å². The van der Waals surface area contributed by atoms with Crippen molar-refractivity contribution in [2.75, 3.05) is 5.32 Å². The van der Waals surface area contributed by atoms with Crippen molar-refractivity contribution < 1.29 is 9.18 Å². The number of carbonyl (C=O) groups excluding carboxylic acids is 1. The number of halogens is 2. The predicted octanol–water partition coefficient (Wildman–Crippen LogP) is 4.81. The molecular weight excluding hydrogens is 355 g/mol. The zero-order valence-electron chi connectivity index (χ0n) is 11.9. The van der Waals surface area contributed by atoms with Gasteiger partial charge in [-0.25, -0.2) is 9.37 Å². The SMILES string of the molecule is CCCc1nc(NC(=O)c2ccc(F)cc2Br)sc1CC. The first kappa shape index (κ1) is 16.1. The fourth-order valence-corrected chi connectivity index (χ4v) is 3.46. The summed E-state index contributed by atoms with van der Waals surface area (Å²) < 4.78 is 13.5. The van der Waals surface area contributed by atoms with Crippen LogP contribution in [0.4, 0.5) is 9.52 Å². The number of aromatic nitrogens is 1. The van der Waals surface area contributed by atoms with E-state index in [1.165, 1.54) is 34.4 Å². The normalized spacial score (nSPS) is 10.7. The molecule has 0 saturated heterocycles. The Bertz CT molecular complexity index is 657. The van der Waals surface area contributed by atoms with E-state index >= 15 is 0 Å². The molecule has 0 aliphatic rings. The number of carbonyl (C=O) groups is 1. The van der Waals surface area contributed by atoms with Crippen LogP contribution in [0.3, 0.4) is 0 Å². The van der Waals surface area contributed by atoms with Crippen molar-refractivity contribution in [2.45, 2.75) is 33.1 Å². The second-order valence-corrected chi connectivity index (χ2v) is 6.51. The standard InChI is InChI=1S/C15H16BrFN2OS/c1-3-5-12-13(4-2)21-15(18-12)19-14(20)10-7-6-9(17)8-11(10)16/h6-8H,3-5H2,1-2H3,(H,18,19,20).